The summed E-state index contributed by atoms with van der Waals surface area (Å²) in [6, 6.07) is 72.2. The molecule has 306 valence electrons. The van der Waals surface area contributed by atoms with Crippen molar-refractivity contribution in [3.05, 3.63) is 252 Å². The number of benzene rings is 7. The van der Waals surface area contributed by atoms with Crippen LogP contribution in [0, 0.1) is 0 Å². The van der Waals surface area contributed by atoms with E-state index in [1.807, 2.05) is 0 Å². The second kappa shape index (κ2) is 16.9. The summed E-state index contributed by atoms with van der Waals surface area (Å²) in [4.78, 5) is 2.33. The Balaban J connectivity index is 1.33. The Kier molecular flexibility index (Phi) is 10.5. The first kappa shape index (κ1) is 39.2. The highest BCUT2D eigenvalue weighted by molar-refractivity contribution is 5.78. The van der Waals surface area contributed by atoms with E-state index in [0.717, 1.165) is 62.5 Å². The van der Waals surface area contributed by atoms with Crippen LogP contribution in [0.15, 0.2) is 224 Å². The van der Waals surface area contributed by atoms with Gasteiger partial charge in [0.15, 0.2) is 11.4 Å². The molecule has 63 heavy (non-hydrogen) atoms. The molecule has 0 spiro atoms. The molecule has 0 amide bonds. The van der Waals surface area contributed by atoms with Crippen molar-refractivity contribution in [2.45, 2.75) is 32.4 Å². The SMILES string of the molecule is CN1/C(=C\C=C(c2n[n+](-c3ccccc3)c(-c3ccccc3)n2Cc2ccccc2)c2n[n+](-c3ccccc3)c(-c3ccccc3)n2Cc2ccccc2)C(C)(C)c2ccccc21. The third-order valence-electron chi connectivity index (χ3n) is 12.1. The highest BCUT2D eigenvalue weighted by atomic mass is 15.4. The Morgan fingerprint density at radius 1 is 0.492 bits per heavy atom. The molecule has 7 aromatic carbocycles. The molecule has 0 bridgehead atoms. The molecular weight excluding hydrogens is 771 g/mol. The number of fused-ring (bicyclic) bond motifs is 1. The average molecular weight is 820 g/mol. The molecule has 7 heteroatoms. The molecule has 10 rings (SSSR count). The van der Waals surface area contributed by atoms with Gasteiger partial charge in [-0.2, -0.15) is 0 Å². The smallest absolute Gasteiger partial charge is 0.317 e. The number of anilines is 1. The Bertz CT molecular complexity index is 2890. The van der Waals surface area contributed by atoms with E-state index in [-0.39, 0.29) is 5.41 Å². The van der Waals surface area contributed by atoms with Gasteiger partial charge >= 0.3 is 11.6 Å². The van der Waals surface area contributed by atoms with E-state index in [4.69, 9.17) is 10.2 Å². The van der Waals surface area contributed by atoms with Gasteiger partial charge in [-0.3, -0.25) is 0 Å². The summed E-state index contributed by atoms with van der Waals surface area (Å²) in [6.45, 7) is 5.77. The van der Waals surface area contributed by atoms with E-state index in [2.05, 4.69) is 263 Å². The van der Waals surface area contributed by atoms with Gasteiger partial charge in [0.05, 0.1) is 11.1 Å². The summed E-state index contributed by atoms with van der Waals surface area (Å²) in [7, 11) is 2.17. The highest BCUT2D eigenvalue weighted by Gasteiger charge is 2.40. The van der Waals surface area contributed by atoms with Crippen LogP contribution in [-0.2, 0) is 18.5 Å². The molecule has 1 aliphatic heterocycles. The summed E-state index contributed by atoms with van der Waals surface area (Å²) in [6.07, 6.45) is 4.56. The minimum Gasteiger partial charge on any atom is -0.347 e. The van der Waals surface area contributed by atoms with Crippen LogP contribution in [0.3, 0.4) is 0 Å². The van der Waals surface area contributed by atoms with Crippen LogP contribution in [0.25, 0.3) is 39.7 Å². The Morgan fingerprint density at radius 3 is 1.30 bits per heavy atom. The van der Waals surface area contributed by atoms with Crippen LogP contribution in [-0.4, -0.2) is 26.4 Å². The molecule has 9 aromatic rings. The third-order valence-corrected chi connectivity index (χ3v) is 12.1. The fourth-order valence-electron chi connectivity index (χ4n) is 8.99. The standard InChI is InChI=1S/C56H49N7/c1-56(2)49-36-22-23-37-50(49)59(3)51(56)39-38-48(52-57-62(46-32-18-8-19-33-46)54(44-28-14-6-15-29-44)60(52)40-42-24-10-4-11-25-42)53-58-63(47-34-20-9-21-35-47)55(45-30-16-7-17-31-45)61(53)41-43-26-12-5-13-27-43/h4-39H,40-41H2,1-3H3/q+2/b51-39-. The lowest BCUT2D eigenvalue weighted by atomic mass is 9.83. The zero-order valence-corrected chi connectivity index (χ0v) is 35.8. The van der Waals surface area contributed by atoms with Gasteiger partial charge in [0, 0.05) is 23.8 Å². The molecule has 0 fully saturated rings. The predicted octanol–water partition coefficient (Wildman–Crippen LogP) is 10.8. The first-order valence-electron chi connectivity index (χ1n) is 21.6. The van der Waals surface area contributed by atoms with E-state index in [0.29, 0.717) is 13.1 Å². The molecule has 7 nitrogen and oxygen atoms in total. The van der Waals surface area contributed by atoms with Crippen LogP contribution in [0.2, 0.25) is 0 Å². The number of aromatic nitrogens is 6. The summed E-state index contributed by atoms with van der Waals surface area (Å²) in [5.41, 5.74) is 10.7. The topological polar surface area (TPSA) is 46.6 Å². The first-order chi connectivity index (χ1) is 31.0. The van der Waals surface area contributed by atoms with Gasteiger partial charge in [-0.05, 0) is 93.6 Å². The van der Waals surface area contributed by atoms with E-state index >= 15 is 0 Å². The van der Waals surface area contributed by atoms with Crippen molar-refractivity contribution in [2.75, 3.05) is 11.9 Å². The lowest BCUT2D eigenvalue weighted by Gasteiger charge is -2.23. The van der Waals surface area contributed by atoms with Gasteiger partial charge in [-0.1, -0.05) is 175 Å². The molecule has 0 radical (unpaired) electrons. The van der Waals surface area contributed by atoms with Crippen molar-refractivity contribution in [2.24, 2.45) is 0 Å². The summed E-state index contributed by atoms with van der Waals surface area (Å²) < 4.78 is 8.95. The van der Waals surface area contributed by atoms with Crippen molar-refractivity contribution in [1.82, 2.24) is 19.3 Å². The van der Waals surface area contributed by atoms with Gasteiger partial charge in [-0.15, -0.1) is 0 Å². The number of likely N-dealkylation sites (N-methyl/N-ethyl adjacent to an activating group) is 1. The number of allylic oxidation sites excluding steroid dienone is 3. The molecule has 0 unspecified atom stereocenters. The zero-order valence-electron chi connectivity index (χ0n) is 35.8. The third kappa shape index (κ3) is 7.48. The molecule has 3 heterocycles. The Labute approximate surface area is 369 Å². The molecule has 0 saturated carbocycles. The van der Waals surface area contributed by atoms with E-state index in [1.54, 1.807) is 0 Å². The lowest BCUT2D eigenvalue weighted by Crippen LogP contribution is -2.36. The van der Waals surface area contributed by atoms with Gasteiger partial charge in [-0.25, -0.2) is 9.13 Å². The van der Waals surface area contributed by atoms with E-state index in [1.165, 1.54) is 16.9 Å². The van der Waals surface area contributed by atoms with Gasteiger partial charge in [0.2, 0.25) is 0 Å². The van der Waals surface area contributed by atoms with Gasteiger partial charge in [0.1, 0.15) is 18.7 Å². The summed E-state index contributed by atoms with van der Waals surface area (Å²) >= 11 is 0. The van der Waals surface area contributed by atoms with Crippen molar-refractivity contribution in [3.63, 3.8) is 0 Å². The quantitative estimate of drug-likeness (QED) is 0.122. The summed E-state index contributed by atoms with van der Waals surface area (Å²) in [5.74, 6) is 3.50. The van der Waals surface area contributed by atoms with Crippen LogP contribution in [0.1, 0.15) is 42.2 Å². The van der Waals surface area contributed by atoms with Crippen LogP contribution >= 0.6 is 0 Å². The molecule has 0 saturated heterocycles. The van der Waals surface area contributed by atoms with Crippen LogP contribution < -0.4 is 14.3 Å². The molecule has 0 aliphatic carbocycles. The maximum absolute atomic E-state index is 5.71. The maximum Gasteiger partial charge on any atom is 0.317 e. The van der Waals surface area contributed by atoms with Gasteiger partial charge < -0.3 is 4.90 Å². The fourth-order valence-corrected chi connectivity index (χ4v) is 8.99. The zero-order chi connectivity index (χ0) is 42.8. The molecular formula is C56H49N7+2. The van der Waals surface area contributed by atoms with Crippen molar-refractivity contribution < 1.29 is 9.36 Å². The second-order valence-electron chi connectivity index (χ2n) is 16.5. The lowest BCUT2D eigenvalue weighted by molar-refractivity contribution is -0.646. The fraction of sp³-hybridized carbons (Fsp3) is 0.107. The molecule has 0 atom stereocenters. The number of para-hydroxylation sites is 3. The number of hydrogen-bond donors (Lipinski definition) is 0. The largest absolute Gasteiger partial charge is 0.347 e. The van der Waals surface area contributed by atoms with E-state index in [9.17, 15) is 0 Å². The first-order valence-corrected chi connectivity index (χ1v) is 21.6. The predicted molar refractivity (Wildman–Crippen MR) is 253 cm³/mol. The average Bonchev–Trinajstić information content (AvgIpc) is 3.96. The molecule has 0 N–H and O–H groups in total. The van der Waals surface area contributed by atoms with E-state index < -0.39 is 0 Å². The Hall–Kier alpha value is -7.90. The molecule has 2 aromatic heterocycles. The van der Waals surface area contributed by atoms with Crippen LogP contribution in [0.5, 0.6) is 0 Å². The van der Waals surface area contributed by atoms with Crippen molar-refractivity contribution in [3.8, 4) is 34.2 Å². The monoisotopic (exact) mass is 819 g/mol. The number of hydrogen-bond acceptors (Lipinski definition) is 3. The van der Waals surface area contributed by atoms with Gasteiger partial charge in [0.25, 0.3) is 11.6 Å². The maximum atomic E-state index is 5.71. The van der Waals surface area contributed by atoms with Crippen molar-refractivity contribution >= 4 is 11.3 Å². The normalized spacial score (nSPS) is 13.6. The Morgan fingerprint density at radius 2 is 0.873 bits per heavy atom. The van der Waals surface area contributed by atoms with Crippen LogP contribution in [0.4, 0.5) is 5.69 Å². The van der Waals surface area contributed by atoms with Crippen molar-refractivity contribution in [1.29, 1.82) is 0 Å². The second-order valence-corrected chi connectivity index (χ2v) is 16.5. The number of nitrogens with zero attached hydrogens (tertiary/aromatic N) is 7. The minimum absolute atomic E-state index is 0.260. The minimum atomic E-state index is -0.260. The summed E-state index contributed by atoms with van der Waals surface area (Å²) in [5, 5.41) is 11.4. The number of rotatable bonds is 11. The highest BCUT2D eigenvalue weighted by Crippen LogP contribution is 2.47. The molecule has 1 aliphatic rings.